The summed E-state index contributed by atoms with van der Waals surface area (Å²) in [6, 6.07) is 0. The number of aliphatic hydroxyl groups excluding tert-OH is 4. The molecule has 4 N–H and O–H groups in total. The molecule has 1 aromatic rings. The Morgan fingerprint density at radius 3 is 1.36 bits per heavy atom. The molecule has 8 heteroatoms. The van der Waals surface area contributed by atoms with Crippen LogP contribution < -0.4 is 0 Å². The Morgan fingerprint density at radius 2 is 1.09 bits per heavy atom. The molecule has 0 saturated carbocycles. The van der Waals surface area contributed by atoms with Crippen molar-refractivity contribution >= 4 is 0 Å². The zero-order chi connectivity index (χ0) is 16.2. The third-order valence-corrected chi connectivity index (χ3v) is 3.00. The molecule has 0 aliphatic rings. The minimum Gasteiger partial charge on any atom is -0.396 e. The van der Waals surface area contributed by atoms with Gasteiger partial charge in [-0.25, -0.2) is 0 Å². The zero-order valence-electron chi connectivity index (χ0n) is 12.5. The quantitative estimate of drug-likeness (QED) is 0.375. The molecule has 0 bridgehead atoms. The molecule has 0 unspecified atom stereocenters. The highest BCUT2D eigenvalue weighted by Gasteiger charge is 2.08. The summed E-state index contributed by atoms with van der Waals surface area (Å²) < 4.78 is 10.7. The summed E-state index contributed by atoms with van der Waals surface area (Å²) in [4.78, 5) is 8.35. The largest absolute Gasteiger partial charge is 0.396 e. The lowest BCUT2D eigenvalue weighted by molar-refractivity contribution is 0.0340. The average Bonchev–Trinajstić information content (AvgIpc) is 2.57. The molecule has 0 aliphatic carbocycles. The lowest BCUT2D eigenvalue weighted by atomic mass is 10.2. The van der Waals surface area contributed by atoms with E-state index in [9.17, 15) is 0 Å². The molecule has 22 heavy (non-hydrogen) atoms. The second-order valence-corrected chi connectivity index (χ2v) is 4.99. The van der Waals surface area contributed by atoms with Gasteiger partial charge in [0.2, 0.25) is 0 Å². The highest BCUT2D eigenvalue weighted by molar-refractivity contribution is 5.00. The van der Waals surface area contributed by atoms with Crippen LogP contribution in [0, 0.1) is 11.8 Å². The number of nitrogens with zero attached hydrogens (tertiary/aromatic N) is 2. The van der Waals surface area contributed by atoms with Crippen molar-refractivity contribution in [1.29, 1.82) is 0 Å². The summed E-state index contributed by atoms with van der Waals surface area (Å²) in [5.74, 6) is -0.571. The van der Waals surface area contributed by atoms with Gasteiger partial charge in [0.05, 0.1) is 76.6 Å². The smallest absolute Gasteiger partial charge is 0.0903 e. The summed E-state index contributed by atoms with van der Waals surface area (Å²) in [6.45, 7) is 0.514. The molecule has 0 amide bonds. The highest BCUT2D eigenvalue weighted by Crippen LogP contribution is 2.03. The minimum atomic E-state index is -0.286. The van der Waals surface area contributed by atoms with Crippen LogP contribution in [-0.2, 0) is 22.7 Å². The lowest BCUT2D eigenvalue weighted by Gasteiger charge is -2.12. The average molecular weight is 316 g/mol. The van der Waals surface area contributed by atoms with E-state index in [-0.39, 0.29) is 64.7 Å². The van der Waals surface area contributed by atoms with Crippen molar-refractivity contribution < 1.29 is 29.9 Å². The maximum Gasteiger partial charge on any atom is 0.0903 e. The summed E-state index contributed by atoms with van der Waals surface area (Å²) in [5.41, 5.74) is 1.28. The van der Waals surface area contributed by atoms with Crippen LogP contribution in [0.1, 0.15) is 11.4 Å². The predicted molar refractivity (Wildman–Crippen MR) is 76.7 cm³/mol. The Bertz CT molecular complexity index is 344. The first-order valence-corrected chi connectivity index (χ1v) is 7.12. The van der Waals surface area contributed by atoms with E-state index in [4.69, 9.17) is 29.9 Å². The number of aliphatic hydroxyl groups is 4. The van der Waals surface area contributed by atoms with E-state index in [0.29, 0.717) is 11.4 Å². The van der Waals surface area contributed by atoms with E-state index in [1.54, 1.807) is 12.4 Å². The number of hydrogen-bond donors (Lipinski definition) is 4. The molecule has 0 atom stereocenters. The fraction of sp³-hybridized carbons (Fsp3) is 0.714. The fourth-order valence-corrected chi connectivity index (χ4v) is 1.52. The van der Waals surface area contributed by atoms with E-state index in [1.807, 2.05) is 0 Å². The van der Waals surface area contributed by atoms with E-state index in [1.165, 1.54) is 0 Å². The third kappa shape index (κ3) is 7.21. The van der Waals surface area contributed by atoms with Gasteiger partial charge in [0.25, 0.3) is 0 Å². The molecule has 0 spiro atoms. The second kappa shape index (κ2) is 11.4. The van der Waals surface area contributed by atoms with Crippen molar-refractivity contribution in [2.75, 3.05) is 39.6 Å². The molecule has 0 saturated heterocycles. The highest BCUT2D eigenvalue weighted by atomic mass is 16.5. The molecule has 8 nitrogen and oxygen atoms in total. The molecule has 1 aromatic heterocycles. The van der Waals surface area contributed by atoms with Crippen LogP contribution in [0.4, 0.5) is 0 Å². The maximum atomic E-state index is 8.90. The second-order valence-electron chi connectivity index (χ2n) is 4.99. The van der Waals surface area contributed by atoms with Gasteiger partial charge in [-0.3, -0.25) is 9.97 Å². The van der Waals surface area contributed by atoms with Crippen molar-refractivity contribution in [1.82, 2.24) is 9.97 Å². The van der Waals surface area contributed by atoms with Crippen molar-refractivity contribution in [3.8, 4) is 0 Å². The van der Waals surface area contributed by atoms with Crippen molar-refractivity contribution in [2.24, 2.45) is 11.8 Å². The third-order valence-electron chi connectivity index (χ3n) is 3.00. The number of hydrogen-bond acceptors (Lipinski definition) is 8. The summed E-state index contributed by atoms with van der Waals surface area (Å²) in [7, 11) is 0. The monoisotopic (exact) mass is 316 g/mol. The molecule has 126 valence electrons. The normalized spacial score (nSPS) is 11.5. The van der Waals surface area contributed by atoms with Crippen LogP contribution in [0.15, 0.2) is 12.4 Å². The Labute approximate surface area is 129 Å². The molecule has 0 radical (unpaired) electrons. The van der Waals surface area contributed by atoms with Gasteiger partial charge in [0.1, 0.15) is 0 Å². The van der Waals surface area contributed by atoms with Crippen molar-refractivity contribution in [3.63, 3.8) is 0 Å². The Kier molecular flexibility index (Phi) is 9.80. The van der Waals surface area contributed by atoms with Crippen LogP contribution in [0.5, 0.6) is 0 Å². The molecule has 0 aliphatic heterocycles. The van der Waals surface area contributed by atoms with Crippen LogP contribution >= 0.6 is 0 Å². The van der Waals surface area contributed by atoms with Gasteiger partial charge < -0.3 is 29.9 Å². The number of rotatable bonds is 12. The first kappa shape index (κ1) is 18.9. The van der Waals surface area contributed by atoms with Crippen molar-refractivity contribution in [3.05, 3.63) is 23.8 Å². The van der Waals surface area contributed by atoms with Gasteiger partial charge >= 0.3 is 0 Å². The summed E-state index contributed by atoms with van der Waals surface area (Å²) >= 11 is 0. The molecular formula is C14H24N2O6. The van der Waals surface area contributed by atoms with Crippen LogP contribution in [0.3, 0.4) is 0 Å². The maximum absolute atomic E-state index is 8.90. The summed E-state index contributed by atoms with van der Waals surface area (Å²) in [5, 5.41) is 35.6. The standard InChI is InChI=1S/C14H24N2O6/c17-3-11(4-18)7-21-9-13-1-15-14(2-16-13)10-22-8-12(5-19)6-20/h1-2,11-12,17-20H,3-10H2. The van der Waals surface area contributed by atoms with Crippen molar-refractivity contribution in [2.45, 2.75) is 13.2 Å². The van der Waals surface area contributed by atoms with Gasteiger partial charge in [-0.15, -0.1) is 0 Å². The van der Waals surface area contributed by atoms with Gasteiger partial charge in [0, 0.05) is 11.8 Å². The SMILES string of the molecule is OCC(CO)COCc1cnc(COCC(CO)CO)cn1. The predicted octanol–water partition coefficient (Wildman–Crippen LogP) is -1.29. The first-order chi connectivity index (χ1) is 10.7. The van der Waals surface area contributed by atoms with E-state index in [0.717, 1.165) is 0 Å². The molecular weight excluding hydrogens is 292 g/mol. The lowest BCUT2D eigenvalue weighted by Crippen LogP contribution is -2.18. The van der Waals surface area contributed by atoms with E-state index in [2.05, 4.69) is 9.97 Å². The number of aromatic nitrogens is 2. The molecule has 1 heterocycles. The van der Waals surface area contributed by atoms with E-state index >= 15 is 0 Å². The Morgan fingerprint density at radius 1 is 0.727 bits per heavy atom. The van der Waals surface area contributed by atoms with Crippen LogP contribution in [0.2, 0.25) is 0 Å². The van der Waals surface area contributed by atoms with Gasteiger partial charge in [-0.1, -0.05) is 0 Å². The zero-order valence-corrected chi connectivity index (χ0v) is 12.5. The molecule has 1 rings (SSSR count). The Hall–Kier alpha value is -1.16. The molecule has 0 aromatic carbocycles. The van der Waals surface area contributed by atoms with Crippen LogP contribution in [-0.4, -0.2) is 70.0 Å². The van der Waals surface area contributed by atoms with Gasteiger partial charge in [0.15, 0.2) is 0 Å². The minimum absolute atomic E-state index is 0.124. The van der Waals surface area contributed by atoms with Gasteiger partial charge in [-0.2, -0.15) is 0 Å². The topological polar surface area (TPSA) is 125 Å². The Balaban J connectivity index is 2.27. The first-order valence-electron chi connectivity index (χ1n) is 7.12. The van der Waals surface area contributed by atoms with Crippen LogP contribution in [0.25, 0.3) is 0 Å². The van der Waals surface area contributed by atoms with E-state index < -0.39 is 0 Å². The summed E-state index contributed by atoms with van der Waals surface area (Å²) in [6.07, 6.45) is 3.14. The molecule has 0 fully saturated rings. The number of ether oxygens (including phenoxy) is 2. The fourth-order valence-electron chi connectivity index (χ4n) is 1.52. The van der Waals surface area contributed by atoms with Gasteiger partial charge in [-0.05, 0) is 0 Å².